The minimum Gasteiger partial charge on any atom is -0.503 e. The van der Waals surface area contributed by atoms with Gasteiger partial charge in [-0.3, -0.25) is 9.69 Å². The van der Waals surface area contributed by atoms with E-state index in [2.05, 4.69) is 22.9 Å². The van der Waals surface area contributed by atoms with Crippen LogP contribution in [0, 0.1) is 6.92 Å². The summed E-state index contributed by atoms with van der Waals surface area (Å²) in [5, 5.41) is 10.8. The molecule has 0 atom stereocenters. The fourth-order valence-electron chi connectivity index (χ4n) is 2.93. The molecule has 1 saturated heterocycles. The summed E-state index contributed by atoms with van der Waals surface area (Å²) in [6.07, 6.45) is 3.72. The van der Waals surface area contributed by atoms with Crippen LogP contribution in [0.1, 0.15) is 37.8 Å². The lowest BCUT2D eigenvalue weighted by Gasteiger charge is -2.14. The lowest BCUT2D eigenvalue weighted by molar-refractivity contribution is -0.122. The summed E-state index contributed by atoms with van der Waals surface area (Å²) in [6, 6.07) is 11.4. The molecule has 1 heterocycles. The van der Waals surface area contributed by atoms with Crippen molar-refractivity contribution in [1.82, 2.24) is 4.90 Å². The van der Waals surface area contributed by atoms with Gasteiger partial charge in [-0.15, -0.1) is 0 Å². The fourth-order valence-corrected chi connectivity index (χ4v) is 4.41. The van der Waals surface area contributed by atoms with Crippen LogP contribution in [0.3, 0.4) is 0 Å². The predicted octanol–water partition coefficient (Wildman–Crippen LogP) is 6.27. The van der Waals surface area contributed by atoms with Gasteiger partial charge in [0.15, 0.2) is 16.7 Å². The molecule has 5 nitrogen and oxygen atoms in total. The van der Waals surface area contributed by atoms with Crippen LogP contribution in [-0.2, 0) is 4.79 Å². The number of carbonyl (C=O) groups excluding carboxylic acids is 1. The first-order valence-corrected chi connectivity index (χ1v) is 11.6. The Morgan fingerprint density at radius 2 is 1.97 bits per heavy atom. The normalized spacial score (nSPS) is 16.7. The Hall–Kier alpha value is -2.25. The van der Waals surface area contributed by atoms with Crippen LogP contribution >= 0.6 is 27.7 Å². The van der Waals surface area contributed by atoms with E-state index in [1.165, 1.54) is 17.3 Å². The number of thioether (sulfide) groups is 1. The van der Waals surface area contributed by atoms with Gasteiger partial charge in [-0.25, -0.2) is 4.99 Å². The number of unbranched alkanes of at least 4 members (excludes halogenated alkanes) is 1. The number of hydrogen-bond acceptors (Lipinski definition) is 5. The van der Waals surface area contributed by atoms with Crippen molar-refractivity contribution in [2.24, 2.45) is 4.99 Å². The van der Waals surface area contributed by atoms with Crippen molar-refractivity contribution in [2.75, 3.05) is 13.2 Å². The third-order valence-corrected chi connectivity index (χ3v) is 6.14. The number of aromatic hydroxyl groups is 1. The highest BCUT2D eigenvalue weighted by Crippen LogP contribution is 2.39. The van der Waals surface area contributed by atoms with Gasteiger partial charge in [0.25, 0.3) is 5.91 Å². The summed E-state index contributed by atoms with van der Waals surface area (Å²) >= 11 is 4.72. The zero-order chi connectivity index (χ0) is 21.7. The highest BCUT2D eigenvalue weighted by molar-refractivity contribution is 9.10. The molecule has 0 aliphatic carbocycles. The SMILES string of the molecule is CCCCN1C(=O)/C(=C\c2cc(Br)c(O)c(OCC)c2)SC1=Nc1ccc(C)cc1. The topological polar surface area (TPSA) is 62.1 Å². The van der Waals surface area contributed by atoms with Crippen molar-refractivity contribution in [1.29, 1.82) is 0 Å². The van der Waals surface area contributed by atoms with Crippen LogP contribution in [0.4, 0.5) is 5.69 Å². The monoisotopic (exact) mass is 488 g/mol. The maximum Gasteiger partial charge on any atom is 0.266 e. The van der Waals surface area contributed by atoms with Gasteiger partial charge in [0, 0.05) is 6.54 Å². The molecule has 2 aromatic carbocycles. The van der Waals surface area contributed by atoms with Crippen molar-refractivity contribution in [2.45, 2.75) is 33.6 Å². The van der Waals surface area contributed by atoms with Crippen LogP contribution in [0.25, 0.3) is 6.08 Å². The Balaban J connectivity index is 1.96. The number of carbonyl (C=O) groups is 1. The lowest BCUT2D eigenvalue weighted by Crippen LogP contribution is -2.30. The average molecular weight is 489 g/mol. The smallest absolute Gasteiger partial charge is 0.266 e. The van der Waals surface area contributed by atoms with E-state index in [9.17, 15) is 9.90 Å². The number of phenols is 1. The molecule has 7 heteroatoms. The molecule has 0 saturated carbocycles. The molecule has 1 aliphatic heterocycles. The Kier molecular flexibility index (Phi) is 7.61. The van der Waals surface area contributed by atoms with Gasteiger partial charge in [-0.1, -0.05) is 31.0 Å². The summed E-state index contributed by atoms with van der Waals surface area (Å²) in [6.45, 7) is 7.06. The standard InChI is InChI=1S/C23H25BrN2O3S/c1-4-6-11-26-22(28)20(30-23(26)25-17-9-7-15(3)8-10-17)14-16-12-18(24)21(27)19(13-16)29-5-2/h7-10,12-14,27H,4-6,11H2,1-3H3/b20-14+,25-23?. The maximum atomic E-state index is 13.1. The third-order valence-electron chi connectivity index (χ3n) is 4.53. The molecule has 30 heavy (non-hydrogen) atoms. The van der Waals surface area contributed by atoms with Crippen LogP contribution in [0.15, 0.2) is 50.8 Å². The van der Waals surface area contributed by atoms with E-state index in [4.69, 9.17) is 9.73 Å². The number of hydrogen-bond donors (Lipinski definition) is 1. The molecule has 0 bridgehead atoms. The second kappa shape index (κ2) is 10.2. The van der Waals surface area contributed by atoms with Gasteiger partial charge in [-0.2, -0.15) is 0 Å². The first-order chi connectivity index (χ1) is 14.4. The van der Waals surface area contributed by atoms with Gasteiger partial charge in [0.2, 0.25) is 0 Å². The number of benzene rings is 2. The number of halogens is 1. The number of ether oxygens (including phenoxy) is 1. The lowest BCUT2D eigenvalue weighted by atomic mass is 10.2. The first kappa shape index (κ1) is 22.4. The van der Waals surface area contributed by atoms with E-state index in [0.717, 1.165) is 24.1 Å². The van der Waals surface area contributed by atoms with Crippen molar-refractivity contribution in [3.05, 3.63) is 56.9 Å². The van der Waals surface area contributed by atoms with Crippen molar-refractivity contribution in [3.8, 4) is 11.5 Å². The molecule has 0 radical (unpaired) electrons. The Morgan fingerprint density at radius 1 is 1.23 bits per heavy atom. The van der Waals surface area contributed by atoms with Crippen LogP contribution in [0.2, 0.25) is 0 Å². The Labute approximate surface area is 190 Å². The van der Waals surface area contributed by atoms with Gasteiger partial charge in [-0.05, 0) is 83.9 Å². The number of aliphatic imine (C=N–C) groups is 1. The molecule has 158 valence electrons. The highest BCUT2D eigenvalue weighted by Gasteiger charge is 2.33. The number of nitrogens with zero attached hydrogens (tertiary/aromatic N) is 2. The second-order valence-electron chi connectivity index (χ2n) is 6.93. The summed E-state index contributed by atoms with van der Waals surface area (Å²) in [5.41, 5.74) is 2.76. The molecule has 0 unspecified atom stereocenters. The number of amidine groups is 1. The molecular formula is C23H25BrN2O3S. The van der Waals surface area contributed by atoms with Crippen LogP contribution < -0.4 is 4.74 Å². The fraction of sp³-hybridized carbons (Fsp3) is 0.304. The minimum absolute atomic E-state index is 0.0515. The molecule has 0 spiro atoms. The summed E-state index contributed by atoms with van der Waals surface area (Å²) in [5.74, 6) is 0.377. The van der Waals surface area contributed by atoms with E-state index in [-0.39, 0.29) is 11.7 Å². The predicted molar refractivity (Wildman–Crippen MR) is 127 cm³/mol. The van der Waals surface area contributed by atoms with Crippen molar-refractivity contribution in [3.63, 3.8) is 0 Å². The molecule has 1 N–H and O–H groups in total. The number of amides is 1. The molecule has 1 amide bonds. The number of rotatable bonds is 7. The number of phenolic OH excluding ortho intramolecular Hbond substituents is 1. The van der Waals surface area contributed by atoms with Gasteiger partial charge in [0.05, 0.1) is 21.7 Å². The molecule has 2 aromatic rings. The second-order valence-corrected chi connectivity index (χ2v) is 8.80. The van der Waals surface area contributed by atoms with Crippen molar-refractivity contribution < 1.29 is 14.6 Å². The molecule has 0 aromatic heterocycles. The minimum atomic E-state index is -0.0542. The van der Waals surface area contributed by atoms with E-state index >= 15 is 0 Å². The zero-order valence-corrected chi connectivity index (χ0v) is 19.7. The van der Waals surface area contributed by atoms with E-state index < -0.39 is 0 Å². The average Bonchev–Trinajstić information content (AvgIpc) is 3.00. The first-order valence-electron chi connectivity index (χ1n) is 9.95. The van der Waals surface area contributed by atoms with E-state index in [1.807, 2.05) is 44.2 Å². The molecule has 3 rings (SSSR count). The molecule has 1 aliphatic rings. The maximum absolute atomic E-state index is 13.1. The van der Waals surface area contributed by atoms with Crippen LogP contribution in [-0.4, -0.2) is 34.2 Å². The quantitative estimate of drug-likeness (QED) is 0.466. The van der Waals surface area contributed by atoms with Crippen LogP contribution in [0.5, 0.6) is 11.5 Å². The highest BCUT2D eigenvalue weighted by atomic mass is 79.9. The largest absolute Gasteiger partial charge is 0.503 e. The Bertz CT molecular complexity index is 987. The van der Waals surface area contributed by atoms with E-state index in [0.29, 0.717) is 33.4 Å². The Morgan fingerprint density at radius 3 is 2.63 bits per heavy atom. The molecule has 1 fully saturated rings. The van der Waals surface area contributed by atoms with Gasteiger partial charge in [0.1, 0.15) is 0 Å². The summed E-state index contributed by atoms with van der Waals surface area (Å²) in [7, 11) is 0. The van der Waals surface area contributed by atoms with Gasteiger partial charge < -0.3 is 9.84 Å². The third kappa shape index (κ3) is 5.26. The van der Waals surface area contributed by atoms with Crippen molar-refractivity contribution >= 4 is 50.5 Å². The summed E-state index contributed by atoms with van der Waals surface area (Å²) in [4.78, 5) is 20.2. The molecular weight excluding hydrogens is 464 g/mol. The van der Waals surface area contributed by atoms with E-state index in [1.54, 1.807) is 17.0 Å². The number of aryl methyl sites for hydroxylation is 1. The zero-order valence-electron chi connectivity index (χ0n) is 17.3. The van der Waals surface area contributed by atoms with Gasteiger partial charge >= 0.3 is 0 Å². The summed E-state index contributed by atoms with van der Waals surface area (Å²) < 4.78 is 6.02.